The molecule has 2 aromatic carbocycles. The summed E-state index contributed by atoms with van der Waals surface area (Å²) in [5, 5.41) is 5.74. The van der Waals surface area contributed by atoms with E-state index in [0.29, 0.717) is 25.2 Å². The van der Waals surface area contributed by atoms with E-state index in [0.717, 1.165) is 12.0 Å². The van der Waals surface area contributed by atoms with Gasteiger partial charge >= 0.3 is 0 Å². The number of carbonyl (C=O) groups is 2. The number of aryl methyl sites for hydroxylation is 2. The third-order valence-corrected chi connectivity index (χ3v) is 8.53. The molecule has 2 aliphatic rings. The minimum Gasteiger partial charge on any atom is -0.352 e. The number of hydrogen-bond donors (Lipinski definition) is 2. The molecular formula is C25H29N3O4S. The molecule has 2 unspecified atom stereocenters. The summed E-state index contributed by atoms with van der Waals surface area (Å²) in [5.74, 6) is -0.172. The van der Waals surface area contributed by atoms with Crippen LogP contribution in [0.1, 0.15) is 27.0 Å². The molecule has 2 atom stereocenters. The smallest absolute Gasteiger partial charge is 0.251 e. The monoisotopic (exact) mass is 467 g/mol. The first-order valence-electron chi connectivity index (χ1n) is 11.1. The number of rotatable bonds is 8. The summed E-state index contributed by atoms with van der Waals surface area (Å²) in [6, 6.07) is 12.3. The largest absolute Gasteiger partial charge is 0.352 e. The predicted molar refractivity (Wildman–Crippen MR) is 126 cm³/mol. The Morgan fingerprint density at radius 1 is 1.06 bits per heavy atom. The van der Waals surface area contributed by atoms with Crippen molar-refractivity contribution < 1.29 is 18.0 Å². The number of amides is 2. The minimum atomic E-state index is -3.63. The molecule has 0 spiro atoms. The zero-order valence-electron chi connectivity index (χ0n) is 18.9. The number of sulfonamides is 1. The summed E-state index contributed by atoms with van der Waals surface area (Å²) in [6.07, 6.45) is 1.95. The number of piperidine rings is 1. The highest BCUT2D eigenvalue weighted by Crippen LogP contribution is 2.47. The van der Waals surface area contributed by atoms with E-state index in [1.807, 2.05) is 0 Å². The average Bonchev–Trinajstić information content (AvgIpc) is 3.22. The number of carbonyl (C=O) groups excluding carboxylic acids is 2. The van der Waals surface area contributed by atoms with Crippen LogP contribution < -0.4 is 10.6 Å². The Labute approximate surface area is 194 Å². The highest BCUT2D eigenvalue weighted by molar-refractivity contribution is 7.89. The second kappa shape index (κ2) is 9.11. The van der Waals surface area contributed by atoms with Gasteiger partial charge in [-0.3, -0.25) is 9.59 Å². The first-order valence-corrected chi connectivity index (χ1v) is 12.5. The third-order valence-electron chi connectivity index (χ3n) is 6.68. The lowest BCUT2D eigenvalue weighted by molar-refractivity contribution is -0.116. The first-order chi connectivity index (χ1) is 15.7. The van der Waals surface area contributed by atoms with Gasteiger partial charge in [0.25, 0.3) is 5.91 Å². The number of benzene rings is 2. The molecule has 174 valence electrons. The van der Waals surface area contributed by atoms with Crippen molar-refractivity contribution in [1.82, 2.24) is 14.9 Å². The molecule has 0 radical (unpaired) electrons. The van der Waals surface area contributed by atoms with Gasteiger partial charge in [0.1, 0.15) is 0 Å². The molecule has 1 aliphatic heterocycles. The maximum Gasteiger partial charge on any atom is 0.251 e. The molecule has 1 heterocycles. The highest BCUT2D eigenvalue weighted by Gasteiger charge is 2.58. The fraction of sp³-hybridized carbons (Fsp3) is 0.360. The van der Waals surface area contributed by atoms with E-state index in [1.165, 1.54) is 33.6 Å². The van der Waals surface area contributed by atoms with Crippen molar-refractivity contribution >= 4 is 21.8 Å². The van der Waals surface area contributed by atoms with Gasteiger partial charge in [0.15, 0.2) is 0 Å². The second-order valence-corrected chi connectivity index (χ2v) is 10.8. The van der Waals surface area contributed by atoms with E-state index in [1.54, 1.807) is 12.1 Å². The Kier molecular flexibility index (Phi) is 6.41. The van der Waals surface area contributed by atoms with Crippen LogP contribution in [0, 0.1) is 25.7 Å². The molecule has 2 aromatic rings. The number of nitrogens with zero attached hydrogens (tertiary/aromatic N) is 1. The zero-order valence-corrected chi connectivity index (χ0v) is 19.7. The summed E-state index contributed by atoms with van der Waals surface area (Å²) in [5.41, 5.74) is 4.05. The van der Waals surface area contributed by atoms with Crippen LogP contribution in [0.2, 0.25) is 0 Å². The van der Waals surface area contributed by atoms with Gasteiger partial charge in [-0.2, -0.15) is 4.31 Å². The normalized spacial score (nSPS) is 21.8. The fourth-order valence-corrected chi connectivity index (χ4v) is 5.94. The van der Waals surface area contributed by atoms with Gasteiger partial charge in [0, 0.05) is 31.2 Å². The molecule has 1 saturated heterocycles. The van der Waals surface area contributed by atoms with E-state index in [-0.39, 0.29) is 34.6 Å². The summed E-state index contributed by atoms with van der Waals surface area (Å²) >= 11 is 0. The van der Waals surface area contributed by atoms with E-state index in [4.69, 9.17) is 0 Å². The Hall–Kier alpha value is -2.97. The zero-order chi connectivity index (χ0) is 23.8. The Morgan fingerprint density at radius 3 is 2.33 bits per heavy atom. The number of hydrogen-bond acceptors (Lipinski definition) is 4. The Morgan fingerprint density at radius 2 is 1.73 bits per heavy atom. The quantitative estimate of drug-likeness (QED) is 0.582. The van der Waals surface area contributed by atoms with Crippen molar-refractivity contribution in [1.29, 1.82) is 0 Å². The first kappa shape index (κ1) is 23.2. The van der Waals surface area contributed by atoms with Crippen molar-refractivity contribution in [2.24, 2.45) is 11.8 Å². The van der Waals surface area contributed by atoms with Gasteiger partial charge in [0.05, 0.1) is 4.90 Å². The lowest BCUT2D eigenvalue weighted by Crippen LogP contribution is -2.37. The molecule has 4 rings (SSSR count). The number of nitrogens with one attached hydrogen (secondary N) is 2. The topological polar surface area (TPSA) is 95.6 Å². The van der Waals surface area contributed by atoms with Crippen molar-refractivity contribution in [3.63, 3.8) is 0 Å². The molecule has 0 aromatic heterocycles. The van der Waals surface area contributed by atoms with E-state index < -0.39 is 10.0 Å². The van der Waals surface area contributed by atoms with Crippen LogP contribution in [-0.4, -0.2) is 50.2 Å². The molecule has 2 amide bonds. The summed E-state index contributed by atoms with van der Waals surface area (Å²) in [6.45, 7) is 8.84. The molecule has 33 heavy (non-hydrogen) atoms. The molecule has 0 bridgehead atoms. The van der Waals surface area contributed by atoms with Crippen LogP contribution in [0.4, 0.5) is 0 Å². The van der Waals surface area contributed by atoms with E-state index >= 15 is 0 Å². The maximum atomic E-state index is 13.0. The third kappa shape index (κ3) is 4.86. The van der Waals surface area contributed by atoms with Gasteiger partial charge in [-0.15, -0.1) is 0 Å². The molecule has 1 aliphatic carbocycles. The molecule has 2 fully saturated rings. The van der Waals surface area contributed by atoms with Crippen molar-refractivity contribution in [3.05, 3.63) is 77.4 Å². The summed E-state index contributed by atoms with van der Waals surface area (Å²) in [7, 11) is -3.63. The molecule has 8 heteroatoms. The van der Waals surface area contributed by atoms with Crippen LogP contribution >= 0.6 is 0 Å². The fourth-order valence-electron chi connectivity index (χ4n) is 4.43. The average molecular weight is 468 g/mol. The Balaban J connectivity index is 1.30. The molecule has 1 saturated carbocycles. The lowest BCUT2D eigenvalue weighted by atomic mass is 10.0. The van der Waals surface area contributed by atoms with Gasteiger partial charge in [0.2, 0.25) is 15.9 Å². The Bertz CT molecular complexity index is 1180. The summed E-state index contributed by atoms with van der Waals surface area (Å²) < 4.78 is 27.4. The minimum absolute atomic E-state index is 0.0249. The van der Waals surface area contributed by atoms with Crippen LogP contribution in [0.15, 0.2) is 60.0 Å². The van der Waals surface area contributed by atoms with Crippen LogP contribution in [0.3, 0.4) is 0 Å². The van der Waals surface area contributed by atoms with Crippen molar-refractivity contribution in [2.45, 2.75) is 31.2 Å². The standard InChI is InChI=1S/C25H29N3O4S/c1-4-23(29)27-24-21-14-28(15-22(21)24)33(31,32)20-9-7-19(8-10-20)25(30)26-12-11-18-6-5-16(2)17(3)13-18/h4-10,13,21-22,24H,1,11-12,14-15H2,2-3H3,(H,26,30)(H,27,29). The highest BCUT2D eigenvalue weighted by atomic mass is 32.2. The lowest BCUT2D eigenvalue weighted by Gasteiger charge is -2.20. The predicted octanol–water partition coefficient (Wildman–Crippen LogP) is 2.20. The van der Waals surface area contributed by atoms with Crippen LogP contribution in [0.25, 0.3) is 0 Å². The van der Waals surface area contributed by atoms with Crippen molar-refractivity contribution in [3.8, 4) is 0 Å². The van der Waals surface area contributed by atoms with E-state index in [2.05, 4.69) is 49.3 Å². The van der Waals surface area contributed by atoms with Crippen LogP contribution in [0.5, 0.6) is 0 Å². The summed E-state index contributed by atoms with van der Waals surface area (Å²) in [4.78, 5) is 24.1. The van der Waals surface area contributed by atoms with Crippen molar-refractivity contribution in [2.75, 3.05) is 19.6 Å². The number of fused-ring (bicyclic) bond motifs is 1. The van der Waals surface area contributed by atoms with Gasteiger partial charge in [-0.1, -0.05) is 24.8 Å². The SMILES string of the molecule is C=CC(=O)NC1C2CN(S(=O)(=O)c3ccc(C(=O)NCCc4ccc(C)c(C)c4)cc3)CC21. The molecule has 2 N–H and O–H groups in total. The van der Waals surface area contributed by atoms with Gasteiger partial charge < -0.3 is 10.6 Å². The second-order valence-electron chi connectivity index (χ2n) is 8.84. The van der Waals surface area contributed by atoms with Crippen LogP contribution in [-0.2, 0) is 21.2 Å². The molecular weight excluding hydrogens is 438 g/mol. The molecule has 7 nitrogen and oxygen atoms in total. The van der Waals surface area contributed by atoms with Gasteiger partial charge in [-0.05, 0) is 79.1 Å². The maximum absolute atomic E-state index is 13.0. The van der Waals surface area contributed by atoms with E-state index in [9.17, 15) is 18.0 Å². The van der Waals surface area contributed by atoms with Gasteiger partial charge in [-0.25, -0.2) is 8.42 Å².